The van der Waals surface area contributed by atoms with Gasteiger partial charge in [-0.25, -0.2) is 0 Å². The van der Waals surface area contributed by atoms with Crippen LogP contribution in [-0.2, 0) is 22.5 Å². The predicted molar refractivity (Wildman–Crippen MR) is 55.1 cm³/mol. The quantitative estimate of drug-likeness (QED) is 0.649. The van der Waals surface area contributed by atoms with Gasteiger partial charge in [0.1, 0.15) is 0 Å². The predicted octanol–water partition coefficient (Wildman–Crippen LogP) is 1.81. The monoisotopic (exact) mass is 195 g/mol. The number of ether oxygens (including phenoxy) is 2. The summed E-state index contributed by atoms with van der Waals surface area (Å²) in [5, 5.41) is 0. The van der Waals surface area contributed by atoms with Crippen LogP contribution in [0.1, 0.15) is 18.2 Å². The van der Waals surface area contributed by atoms with Gasteiger partial charge in [-0.2, -0.15) is 0 Å². The minimum absolute atomic E-state index is 0.567. The molecule has 0 unspecified atom stereocenters. The van der Waals surface area contributed by atoms with Gasteiger partial charge in [-0.3, -0.25) is 4.98 Å². The van der Waals surface area contributed by atoms with Crippen molar-refractivity contribution in [2.75, 3.05) is 20.3 Å². The Labute approximate surface area is 85.1 Å². The Kier molecular flexibility index (Phi) is 5.19. The Morgan fingerprint density at radius 2 is 2.21 bits per heavy atom. The average Bonchev–Trinajstić information content (AvgIpc) is 2.25. The fraction of sp³-hybridized carbons (Fsp3) is 0.545. The molecule has 0 saturated heterocycles. The molecule has 0 saturated carbocycles. The van der Waals surface area contributed by atoms with E-state index in [1.165, 1.54) is 5.56 Å². The third-order valence-electron chi connectivity index (χ3n) is 1.97. The Bertz CT molecular complexity index is 263. The van der Waals surface area contributed by atoms with Crippen molar-refractivity contribution in [3.63, 3.8) is 0 Å². The lowest BCUT2D eigenvalue weighted by Crippen LogP contribution is -2.03. The summed E-state index contributed by atoms with van der Waals surface area (Å²) in [4.78, 5) is 4.22. The molecule has 0 aliphatic heterocycles. The second-order valence-electron chi connectivity index (χ2n) is 3.05. The van der Waals surface area contributed by atoms with E-state index < -0.39 is 0 Å². The largest absolute Gasteiger partial charge is 0.382 e. The lowest BCUT2D eigenvalue weighted by Gasteiger charge is -2.04. The Balaban J connectivity index is 2.34. The molecule has 0 N–H and O–H groups in total. The van der Waals surface area contributed by atoms with E-state index in [0.29, 0.717) is 19.8 Å². The number of hydrogen-bond acceptors (Lipinski definition) is 3. The molecule has 0 spiro atoms. The van der Waals surface area contributed by atoms with E-state index in [0.717, 1.165) is 12.1 Å². The minimum Gasteiger partial charge on any atom is -0.382 e. The van der Waals surface area contributed by atoms with E-state index in [4.69, 9.17) is 9.47 Å². The highest BCUT2D eigenvalue weighted by Crippen LogP contribution is 2.03. The molecule has 1 rings (SSSR count). The first-order valence-corrected chi connectivity index (χ1v) is 4.87. The molecule has 14 heavy (non-hydrogen) atoms. The number of hydrogen-bond donors (Lipinski definition) is 0. The Morgan fingerprint density at radius 3 is 2.93 bits per heavy atom. The van der Waals surface area contributed by atoms with Crippen LogP contribution in [0.3, 0.4) is 0 Å². The normalized spacial score (nSPS) is 10.4. The van der Waals surface area contributed by atoms with Crippen LogP contribution in [0.5, 0.6) is 0 Å². The van der Waals surface area contributed by atoms with E-state index in [-0.39, 0.29) is 0 Å². The maximum Gasteiger partial charge on any atom is 0.0889 e. The lowest BCUT2D eigenvalue weighted by atomic mass is 10.2. The molecule has 0 aliphatic carbocycles. The molecular weight excluding hydrogens is 178 g/mol. The molecule has 0 aliphatic rings. The maximum absolute atomic E-state index is 5.37. The molecule has 3 nitrogen and oxygen atoms in total. The zero-order valence-corrected chi connectivity index (χ0v) is 8.82. The molecule has 3 heteroatoms. The van der Waals surface area contributed by atoms with Crippen molar-refractivity contribution >= 4 is 0 Å². The number of aryl methyl sites for hydroxylation is 1. The van der Waals surface area contributed by atoms with Crippen LogP contribution < -0.4 is 0 Å². The zero-order valence-electron chi connectivity index (χ0n) is 8.82. The molecule has 1 heterocycles. The number of pyridine rings is 1. The molecular formula is C11H17NO2. The molecule has 0 amide bonds. The second-order valence-corrected chi connectivity index (χ2v) is 3.05. The van der Waals surface area contributed by atoms with E-state index in [2.05, 4.69) is 18.0 Å². The van der Waals surface area contributed by atoms with Crippen molar-refractivity contribution in [1.82, 2.24) is 4.98 Å². The van der Waals surface area contributed by atoms with Gasteiger partial charge in [-0.15, -0.1) is 0 Å². The fourth-order valence-electron chi connectivity index (χ4n) is 1.15. The van der Waals surface area contributed by atoms with Gasteiger partial charge in [0.25, 0.3) is 0 Å². The topological polar surface area (TPSA) is 31.4 Å². The van der Waals surface area contributed by atoms with Crippen molar-refractivity contribution in [1.29, 1.82) is 0 Å². The maximum atomic E-state index is 5.37. The molecule has 78 valence electrons. The summed E-state index contributed by atoms with van der Waals surface area (Å²) >= 11 is 0. The third-order valence-corrected chi connectivity index (χ3v) is 1.97. The summed E-state index contributed by atoms with van der Waals surface area (Å²) in [5.74, 6) is 0. The highest BCUT2D eigenvalue weighted by molar-refractivity contribution is 5.15. The highest BCUT2D eigenvalue weighted by atomic mass is 16.5. The van der Waals surface area contributed by atoms with Crippen molar-refractivity contribution in [2.45, 2.75) is 20.0 Å². The SMILES string of the molecule is CCc1ccnc(COCCOC)c1. The van der Waals surface area contributed by atoms with Gasteiger partial charge >= 0.3 is 0 Å². The van der Waals surface area contributed by atoms with Crippen molar-refractivity contribution in [3.05, 3.63) is 29.6 Å². The standard InChI is InChI=1S/C11H17NO2/c1-3-10-4-5-12-11(8-10)9-14-7-6-13-2/h4-5,8H,3,6-7,9H2,1-2H3. The van der Waals surface area contributed by atoms with E-state index in [1.54, 1.807) is 7.11 Å². The van der Waals surface area contributed by atoms with Crippen LogP contribution in [0.4, 0.5) is 0 Å². The molecule has 1 aromatic heterocycles. The third kappa shape index (κ3) is 3.85. The smallest absolute Gasteiger partial charge is 0.0889 e. The zero-order chi connectivity index (χ0) is 10.2. The summed E-state index contributed by atoms with van der Waals surface area (Å²) in [5.41, 5.74) is 2.28. The molecule has 0 fully saturated rings. The van der Waals surface area contributed by atoms with Crippen LogP contribution in [0.2, 0.25) is 0 Å². The summed E-state index contributed by atoms with van der Waals surface area (Å²) in [6.45, 7) is 3.95. The first kappa shape index (κ1) is 11.1. The van der Waals surface area contributed by atoms with Gasteiger partial charge < -0.3 is 9.47 Å². The van der Waals surface area contributed by atoms with Crippen LogP contribution in [0.25, 0.3) is 0 Å². The van der Waals surface area contributed by atoms with E-state index >= 15 is 0 Å². The van der Waals surface area contributed by atoms with E-state index in [1.807, 2.05) is 12.3 Å². The molecule has 0 atom stereocenters. The molecule has 0 aromatic carbocycles. The highest BCUT2D eigenvalue weighted by Gasteiger charge is 1.96. The molecule has 0 bridgehead atoms. The van der Waals surface area contributed by atoms with Gasteiger partial charge in [0.2, 0.25) is 0 Å². The Hall–Kier alpha value is -0.930. The summed E-state index contributed by atoms with van der Waals surface area (Å²) < 4.78 is 10.3. The van der Waals surface area contributed by atoms with Crippen molar-refractivity contribution in [2.24, 2.45) is 0 Å². The van der Waals surface area contributed by atoms with Crippen LogP contribution in [0.15, 0.2) is 18.3 Å². The van der Waals surface area contributed by atoms with Gasteiger partial charge in [0.05, 0.1) is 25.5 Å². The first-order valence-electron chi connectivity index (χ1n) is 4.87. The second kappa shape index (κ2) is 6.51. The Morgan fingerprint density at radius 1 is 1.36 bits per heavy atom. The van der Waals surface area contributed by atoms with Crippen LogP contribution in [-0.4, -0.2) is 25.3 Å². The van der Waals surface area contributed by atoms with Gasteiger partial charge in [-0.05, 0) is 24.1 Å². The molecule has 1 aromatic rings. The summed E-state index contributed by atoms with van der Waals surface area (Å²) in [6, 6.07) is 4.10. The summed E-state index contributed by atoms with van der Waals surface area (Å²) in [6.07, 6.45) is 2.86. The lowest BCUT2D eigenvalue weighted by molar-refractivity contribution is 0.0602. The molecule has 0 radical (unpaired) electrons. The first-order chi connectivity index (χ1) is 6.86. The number of methoxy groups -OCH3 is 1. The van der Waals surface area contributed by atoms with Gasteiger partial charge in [0.15, 0.2) is 0 Å². The summed E-state index contributed by atoms with van der Waals surface area (Å²) in [7, 11) is 1.67. The van der Waals surface area contributed by atoms with E-state index in [9.17, 15) is 0 Å². The average molecular weight is 195 g/mol. The van der Waals surface area contributed by atoms with Crippen molar-refractivity contribution in [3.8, 4) is 0 Å². The van der Waals surface area contributed by atoms with Crippen molar-refractivity contribution < 1.29 is 9.47 Å². The number of aromatic nitrogens is 1. The number of rotatable bonds is 6. The minimum atomic E-state index is 0.567. The number of nitrogens with zero attached hydrogens (tertiary/aromatic N) is 1. The fourth-order valence-corrected chi connectivity index (χ4v) is 1.15. The van der Waals surface area contributed by atoms with Crippen LogP contribution in [0, 0.1) is 0 Å². The van der Waals surface area contributed by atoms with Gasteiger partial charge in [0, 0.05) is 13.3 Å². The van der Waals surface area contributed by atoms with Crippen LogP contribution >= 0.6 is 0 Å². The van der Waals surface area contributed by atoms with Gasteiger partial charge in [-0.1, -0.05) is 6.92 Å².